The fraction of sp³-hybridized carbons (Fsp3) is 0. The molecule has 0 aliphatic heterocycles. The lowest BCUT2D eigenvalue weighted by atomic mass is 10.1. The number of pyridine rings is 1. The van der Waals surface area contributed by atoms with Crippen molar-refractivity contribution < 1.29 is 0 Å². The van der Waals surface area contributed by atoms with Gasteiger partial charge in [0.25, 0.3) is 0 Å². The van der Waals surface area contributed by atoms with E-state index in [1.165, 1.54) is 5.39 Å². The number of nitrogens with one attached hydrogen (secondary N) is 1. The summed E-state index contributed by atoms with van der Waals surface area (Å²) in [4.78, 5) is 7.77. The van der Waals surface area contributed by atoms with Crippen LogP contribution in [0.1, 0.15) is 0 Å². The topological polar surface area (TPSA) is 28.7 Å². The first-order valence-electron chi connectivity index (χ1n) is 5.79. The summed E-state index contributed by atoms with van der Waals surface area (Å²) in [5.41, 5.74) is 1.94. The second kappa shape index (κ2) is 3.47. The molecule has 86 valence electrons. The van der Waals surface area contributed by atoms with Crippen molar-refractivity contribution in [1.82, 2.24) is 9.97 Å². The van der Waals surface area contributed by atoms with Gasteiger partial charge in [-0.05, 0) is 11.5 Å². The van der Waals surface area contributed by atoms with Gasteiger partial charge in [-0.15, -0.1) is 0 Å². The van der Waals surface area contributed by atoms with Crippen LogP contribution in [0.5, 0.6) is 0 Å². The number of halogens is 1. The van der Waals surface area contributed by atoms with Crippen LogP contribution < -0.4 is 0 Å². The summed E-state index contributed by atoms with van der Waals surface area (Å²) in [6.45, 7) is 0. The van der Waals surface area contributed by atoms with Crippen LogP contribution in [-0.2, 0) is 0 Å². The Balaban J connectivity index is 2.39. The molecule has 4 rings (SSSR count). The number of rotatable bonds is 0. The standard InChI is InChI=1S/C15H9ClN2/c16-14-10-6-2-1-5-9(10)13-11-7-3-4-8-12(11)17-15(13)18-14/h1-8H,(H,17,18). The van der Waals surface area contributed by atoms with Crippen LogP contribution in [0, 0.1) is 0 Å². The minimum atomic E-state index is 0.546. The average Bonchev–Trinajstić information content (AvgIpc) is 2.77. The van der Waals surface area contributed by atoms with Gasteiger partial charge in [-0.1, -0.05) is 54.1 Å². The third-order valence-corrected chi connectivity index (χ3v) is 3.60. The monoisotopic (exact) mass is 252 g/mol. The highest BCUT2D eigenvalue weighted by atomic mass is 35.5. The lowest BCUT2D eigenvalue weighted by molar-refractivity contribution is 1.37. The Morgan fingerprint density at radius 2 is 1.50 bits per heavy atom. The molecule has 0 aliphatic carbocycles. The number of aromatic nitrogens is 2. The first kappa shape index (κ1) is 9.92. The molecule has 0 radical (unpaired) electrons. The fourth-order valence-electron chi connectivity index (χ4n) is 2.52. The van der Waals surface area contributed by atoms with Gasteiger partial charge in [-0.3, -0.25) is 0 Å². The van der Waals surface area contributed by atoms with Crippen LogP contribution in [0.15, 0.2) is 48.5 Å². The van der Waals surface area contributed by atoms with E-state index in [0.29, 0.717) is 5.15 Å². The van der Waals surface area contributed by atoms with E-state index >= 15 is 0 Å². The number of hydrogen-bond acceptors (Lipinski definition) is 1. The zero-order valence-electron chi connectivity index (χ0n) is 9.44. The van der Waals surface area contributed by atoms with Crippen LogP contribution in [0.25, 0.3) is 32.7 Å². The molecule has 2 aromatic carbocycles. The van der Waals surface area contributed by atoms with Gasteiger partial charge in [0.2, 0.25) is 0 Å². The van der Waals surface area contributed by atoms with Crippen LogP contribution >= 0.6 is 11.6 Å². The molecule has 4 aromatic rings. The Morgan fingerprint density at radius 1 is 0.833 bits per heavy atom. The maximum absolute atomic E-state index is 6.23. The first-order valence-corrected chi connectivity index (χ1v) is 6.17. The Hall–Kier alpha value is -2.06. The summed E-state index contributed by atoms with van der Waals surface area (Å²) in [7, 11) is 0. The van der Waals surface area contributed by atoms with E-state index in [4.69, 9.17) is 11.6 Å². The van der Waals surface area contributed by atoms with E-state index in [9.17, 15) is 0 Å². The van der Waals surface area contributed by atoms with Crippen molar-refractivity contribution in [3.05, 3.63) is 53.7 Å². The number of H-pyrrole nitrogens is 1. The number of aromatic amines is 1. The van der Waals surface area contributed by atoms with Gasteiger partial charge in [0.15, 0.2) is 0 Å². The van der Waals surface area contributed by atoms with E-state index in [0.717, 1.165) is 27.3 Å². The molecule has 2 heterocycles. The maximum Gasteiger partial charge on any atom is 0.140 e. The quantitative estimate of drug-likeness (QED) is 0.458. The van der Waals surface area contributed by atoms with Crippen molar-refractivity contribution in [1.29, 1.82) is 0 Å². The number of benzene rings is 2. The van der Waals surface area contributed by atoms with Crippen molar-refractivity contribution in [2.45, 2.75) is 0 Å². The second-order valence-corrected chi connectivity index (χ2v) is 4.70. The summed E-state index contributed by atoms with van der Waals surface area (Å²) in [6, 6.07) is 16.3. The summed E-state index contributed by atoms with van der Waals surface area (Å²) >= 11 is 6.23. The number of fused-ring (bicyclic) bond motifs is 5. The van der Waals surface area contributed by atoms with E-state index < -0.39 is 0 Å². The van der Waals surface area contributed by atoms with Crippen molar-refractivity contribution >= 4 is 44.3 Å². The highest BCUT2D eigenvalue weighted by Gasteiger charge is 2.11. The molecule has 2 aromatic heterocycles. The average molecular weight is 253 g/mol. The summed E-state index contributed by atoms with van der Waals surface area (Å²) in [5.74, 6) is 0. The van der Waals surface area contributed by atoms with E-state index in [1.54, 1.807) is 0 Å². The molecule has 0 amide bonds. The highest BCUT2D eigenvalue weighted by Crippen LogP contribution is 2.33. The molecule has 2 nitrogen and oxygen atoms in total. The molecule has 0 saturated heterocycles. The summed E-state index contributed by atoms with van der Waals surface area (Å²) in [6.07, 6.45) is 0. The molecule has 1 N–H and O–H groups in total. The molecule has 0 spiro atoms. The molecule has 0 aliphatic rings. The highest BCUT2D eigenvalue weighted by molar-refractivity contribution is 6.36. The largest absolute Gasteiger partial charge is 0.339 e. The van der Waals surface area contributed by atoms with Gasteiger partial charge in [0, 0.05) is 21.7 Å². The number of hydrogen-bond donors (Lipinski definition) is 1. The van der Waals surface area contributed by atoms with Gasteiger partial charge in [-0.2, -0.15) is 0 Å². The molecule has 0 unspecified atom stereocenters. The normalized spacial score (nSPS) is 11.6. The van der Waals surface area contributed by atoms with Crippen LogP contribution in [0.4, 0.5) is 0 Å². The lowest BCUT2D eigenvalue weighted by Crippen LogP contribution is -1.82. The smallest absolute Gasteiger partial charge is 0.140 e. The van der Waals surface area contributed by atoms with Gasteiger partial charge >= 0.3 is 0 Å². The number of para-hydroxylation sites is 1. The minimum Gasteiger partial charge on any atom is -0.339 e. The lowest BCUT2D eigenvalue weighted by Gasteiger charge is -2.01. The second-order valence-electron chi connectivity index (χ2n) is 4.34. The molecular weight excluding hydrogens is 244 g/mol. The molecule has 0 saturated carbocycles. The van der Waals surface area contributed by atoms with Crippen LogP contribution in [0.2, 0.25) is 5.15 Å². The Bertz CT molecular complexity index is 893. The van der Waals surface area contributed by atoms with E-state index in [2.05, 4.69) is 28.2 Å². The van der Waals surface area contributed by atoms with Crippen molar-refractivity contribution in [3.63, 3.8) is 0 Å². The molecule has 3 heteroatoms. The van der Waals surface area contributed by atoms with Crippen molar-refractivity contribution in [2.24, 2.45) is 0 Å². The fourth-order valence-corrected chi connectivity index (χ4v) is 2.77. The maximum atomic E-state index is 6.23. The van der Waals surface area contributed by atoms with E-state index in [1.807, 2.05) is 30.3 Å². The van der Waals surface area contributed by atoms with Crippen LogP contribution in [-0.4, -0.2) is 9.97 Å². The Morgan fingerprint density at radius 3 is 2.33 bits per heavy atom. The summed E-state index contributed by atoms with van der Waals surface area (Å²) in [5, 5.41) is 5.02. The molecule has 0 atom stereocenters. The molecule has 0 fully saturated rings. The first-order chi connectivity index (χ1) is 8.84. The summed E-state index contributed by atoms with van der Waals surface area (Å²) < 4.78 is 0. The van der Waals surface area contributed by atoms with Gasteiger partial charge < -0.3 is 4.98 Å². The third kappa shape index (κ3) is 1.21. The molecule has 0 bridgehead atoms. The SMILES string of the molecule is Clc1nc2[nH]c3ccccc3c2c2ccccc12. The van der Waals surface area contributed by atoms with E-state index in [-0.39, 0.29) is 0 Å². The molecule has 18 heavy (non-hydrogen) atoms. The van der Waals surface area contributed by atoms with Crippen LogP contribution in [0.3, 0.4) is 0 Å². The predicted octanol–water partition coefficient (Wildman–Crippen LogP) is 4.52. The van der Waals surface area contributed by atoms with Crippen molar-refractivity contribution in [3.8, 4) is 0 Å². The molecular formula is C15H9ClN2. The third-order valence-electron chi connectivity index (χ3n) is 3.31. The van der Waals surface area contributed by atoms with Gasteiger partial charge in [0.1, 0.15) is 10.8 Å². The number of nitrogens with zero attached hydrogens (tertiary/aromatic N) is 1. The van der Waals surface area contributed by atoms with Crippen molar-refractivity contribution in [2.75, 3.05) is 0 Å². The van der Waals surface area contributed by atoms with Gasteiger partial charge in [-0.25, -0.2) is 4.98 Å². The predicted molar refractivity (Wildman–Crippen MR) is 76.1 cm³/mol. The zero-order valence-corrected chi connectivity index (χ0v) is 10.2. The Kier molecular flexibility index (Phi) is 1.91. The minimum absolute atomic E-state index is 0.546. The Labute approximate surface area is 108 Å². The zero-order chi connectivity index (χ0) is 12.1. The van der Waals surface area contributed by atoms with Gasteiger partial charge in [0.05, 0.1) is 0 Å².